The van der Waals surface area contributed by atoms with E-state index in [0.29, 0.717) is 5.56 Å². The molecule has 0 saturated carbocycles. The van der Waals surface area contributed by atoms with Gasteiger partial charge in [0.25, 0.3) is 0 Å². The molecule has 1 unspecified atom stereocenters. The number of hydrogen-bond acceptors (Lipinski definition) is 3. The third-order valence-electron chi connectivity index (χ3n) is 2.33. The molecule has 0 aliphatic heterocycles. The van der Waals surface area contributed by atoms with Crippen molar-refractivity contribution in [2.24, 2.45) is 0 Å². The third kappa shape index (κ3) is 2.54. The van der Waals surface area contributed by atoms with E-state index in [1.807, 2.05) is 0 Å². The number of hydrogen-bond donors (Lipinski definition) is 1. The van der Waals surface area contributed by atoms with E-state index in [-0.39, 0.29) is 0 Å². The smallest absolute Gasteiger partial charge is 0.246 e. The van der Waals surface area contributed by atoms with Crippen molar-refractivity contribution in [1.29, 1.82) is 0 Å². The molecule has 0 spiro atoms. The summed E-state index contributed by atoms with van der Waals surface area (Å²) >= 11 is 3.26. The summed E-state index contributed by atoms with van der Waals surface area (Å²) in [7, 11) is 0. The second-order valence-corrected chi connectivity index (χ2v) is 4.78. The summed E-state index contributed by atoms with van der Waals surface area (Å²) < 4.78 is 0.873. The van der Waals surface area contributed by atoms with Crippen LogP contribution in [0.15, 0.2) is 28.7 Å². The molecule has 82 valence electrons. The maximum Gasteiger partial charge on any atom is 0.246 e. The van der Waals surface area contributed by atoms with Crippen LogP contribution < -0.4 is 0 Å². The molecule has 0 aromatic heterocycles. The van der Waals surface area contributed by atoms with Gasteiger partial charge in [0.1, 0.15) is 6.10 Å². The number of nitrogens with zero attached hydrogens (tertiary/aromatic N) is 1. The van der Waals surface area contributed by atoms with Crippen molar-refractivity contribution < 1.29 is 10.0 Å². The summed E-state index contributed by atoms with van der Waals surface area (Å²) in [5, 5.41) is 20.6. The van der Waals surface area contributed by atoms with E-state index in [9.17, 15) is 15.2 Å². The van der Waals surface area contributed by atoms with Crippen molar-refractivity contribution in [2.75, 3.05) is 0 Å². The normalized spacial score (nSPS) is 13.6. The first-order valence-electron chi connectivity index (χ1n) is 4.43. The fraction of sp³-hybridized carbons (Fsp3) is 0.400. The molecule has 0 saturated heterocycles. The van der Waals surface area contributed by atoms with E-state index in [1.54, 1.807) is 24.3 Å². The fourth-order valence-electron chi connectivity index (χ4n) is 1.15. The number of benzene rings is 1. The van der Waals surface area contributed by atoms with Crippen molar-refractivity contribution >= 4 is 15.9 Å². The molecule has 1 N–H and O–H groups in total. The fourth-order valence-corrected chi connectivity index (χ4v) is 1.42. The van der Waals surface area contributed by atoms with Gasteiger partial charge in [-0.3, -0.25) is 10.1 Å². The lowest BCUT2D eigenvalue weighted by Gasteiger charge is -2.22. The number of aliphatic hydroxyl groups is 1. The summed E-state index contributed by atoms with van der Waals surface area (Å²) in [6.45, 7) is 2.80. The quantitative estimate of drug-likeness (QED) is 0.680. The molecular weight excluding hydrogens is 262 g/mol. The van der Waals surface area contributed by atoms with Gasteiger partial charge in [-0.15, -0.1) is 0 Å². The van der Waals surface area contributed by atoms with Gasteiger partial charge in [-0.1, -0.05) is 28.1 Å². The minimum absolute atomic E-state index is 0.473. The molecule has 0 amide bonds. The lowest BCUT2D eigenvalue weighted by atomic mass is 9.92. The Kier molecular flexibility index (Phi) is 3.46. The Labute approximate surface area is 96.2 Å². The average Bonchev–Trinajstić information content (AvgIpc) is 2.17. The zero-order valence-corrected chi connectivity index (χ0v) is 10.1. The lowest BCUT2D eigenvalue weighted by molar-refractivity contribution is -0.575. The molecule has 1 atom stereocenters. The van der Waals surface area contributed by atoms with Crippen molar-refractivity contribution in [2.45, 2.75) is 25.5 Å². The maximum absolute atomic E-state index is 10.7. The van der Waals surface area contributed by atoms with Gasteiger partial charge in [0, 0.05) is 23.2 Å². The topological polar surface area (TPSA) is 63.4 Å². The zero-order valence-electron chi connectivity index (χ0n) is 8.48. The van der Waals surface area contributed by atoms with Crippen LogP contribution in [-0.2, 0) is 0 Å². The Morgan fingerprint density at radius 2 is 1.87 bits per heavy atom. The van der Waals surface area contributed by atoms with E-state index in [1.165, 1.54) is 13.8 Å². The zero-order chi connectivity index (χ0) is 11.6. The van der Waals surface area contributed by atoms with Crippen molar-refractivity contribution in [3.8, 4) is 0 Å². The van der Waals surface area contributed by atoms with Crippen LogP contribution in [-0.4, -0.2) is 15.6 Å². The molecule has 0 bridgehead atoms. The molecule has 15 heavy (non-hydrogen) atoms. The highest BCUT2D eigenvalue weighted by Crippen LogP contribution is 2.28. The number of aliphatic hydroxyl groups excluding tert-OH is 1. The summed E-state index contributed by atoms with van der Waals surface area (Å²) in [6.07, 6.45) is -1.11. The van der Waals surface area contributed by atoms with Gasteiger partial charge in [0.2, 0.25) is 5.54 Å². The molecular formula is C10H12BrNO3. The third-order valence-corrected chi connectivity index (χ3v) is 2.85. The highest BCUT2D eigenvalue weighted by atomic mass is 79.9. The van der Waals surface area contributed by atoms with E-state index in [4.69, 9.17) is 0 Å². The van der Waals surface area contributed by atoms with E-state index < -0.39 is 16.6 Å². The van der Waals surface area contributed by atoms with Crippen LogP contribution in [0.5, 0.6) is 0 Å². The second kappa shape index (κ2) is 4.28. The first-order valence-corrected chi connectivity index (χ1v) is 5.23. The first kappa shape index (κ1) is 12.1. The van der Waals surface area contributed by atoms with E-state index in [0.717, 1.165) is 4.47 Å². The summed E-state index contributed by atoms with van der Waals surface area (Å²) in [6, 6.07) is 6.82. The molecule has 4 nitrogen and oxygen atoms in total. The molecule has 1 aromatic carbocycles. The SMILES string of the molecule is CC(C)(C(O)c1ccc(Br)cc1)[N+](=O)[O-]. The highest BCUT2D eigenvalue weighted by molar-refractivity contribution is 9.10. The van der Waals surface area contributed by atoms with Crippen LogP contribution in [0, 0.1) is 10.1 Å². The number of halogens is 1. The molecule has 0 fully saturated rings. The Morgan fingerprint density at radius 3 is 2.27 bits per heavy atom. The van der Waals surface area contributed by atoms with Crippen molar-refractivity contribution in [3.63, 3.8) is 0 Å². The summed E-state index contributed by atoms with van der Waals surface area (Å²) in [5.74, 6) is 0. The molecule has 0 aliphatic rings. The van der Waals surface area contributed by atoms with Crippen LogP contribution in [0.2, 0.25) is 0 Å². The Bertz CT molecular complexity index is 361. The van der Waals surface area contributed by atoms with Gasteiger partial charge in [-0.25, -0.2) is 0 Å². The summed E-state index contributed by atoms with van der Waals surface area (Å²) in [4.78, 5) is 10.3. The minimum atomic E-state index is -1.38. The molecule has 0 aliphatic carbocycles. The first-order chi connectivity index (χ1) is 6.85. The highest BCUT2D eigenvalue weighted by Gasteiger charge is 2.40. The summed E-state index contributed by atoms with van der Waals surface area (Å²) in [5.41, 5.74) is -0.840. The molecule has 1 rings (SSSR count). The molecule has 5 heteroatoms. The van der Waals surface area contributed by atoms with Gasteiger partial charge in [0.15, 0.2) is 0 Å². The van der Waals surface area contributed by atoms with Crippen molar-refractivity contribution in [3.05, 3.63) is 44.4 Å². The van der Waals surface area contributed by atoms with Crippen LogP contribution in [0.3, 0.4) is 0 Å². The van der Waals surface area contributed by atoms with Crippen molar-refractivity contribution in [1.82, 2.24) is 0 Å². The van der Waals surface area contributed by atoms with Gasteiger partial charge in [-0.2, -0.15) is 0 Å². The Morgan fingerprint density at radius 1 is 1.40 bits per heavy atom. The van der Waals surface area contributed by atoms with Gasteiger partial charge < -0.3 is 5.11 Å². The number of rotatable bonds is 3. The largest absolute Gasteiger partial charge is 0.381 e. The van der Waals surface area contributed by atoms with Gasteiger partial charge in [0.05, 0.1) is 0 Å². The van der Waals surface area contributed by atoms with E-state index >= 15 is 0 Å². The second-order valence-electron chi connectivity index (χ2n) is 3.86. The maximum atomic E-state index is 10.7. The molecule has 0 radical (unpaired) electrons. The van der Waals surface area contributed by atoms with Gasteiger partial charge >= 0.3 is 0 Å². The molecule has 0 heterocycles. The number of nitro groups is 1. The molecule has 1 aromatic rings. The monoisotopic (exact) mass is 273 g/mol. The van der Waals surface area contributed by atoms with Gasteiger partial charge in [-0.05, 0) is 17.7 Å². The predicted octanol–water partition coefficient (Wildman–Crippen LogP) is 2.54. The van der Waals surface area contributed by atoms with Crippen LogP contribution in [0.4, 0.5) is 0 Å². The van der Waals surface area contributed by atoms with E-state index in [2.05, 4.69) is 15.9 Å². The predicted molar refractivity (Wildman–Crippen MR) is 60.2 cm³/mol. The Balaban J connectivity index is 2.99. The standard InChI is InChI=1S/C10H12BrNO3/c1-10(2,12(14)15)9(13)7-3-5-8(11)6-4-7/h3-6,9,13H,1-2H3. The Hall–Kier alpha value is -0.940. The van der Waals surface area contributed by atoms with Crippen LogP contribution >= 0.6 is 15.9 Å². The average molecular weight is 274 g/mol. The minimum Gasteiger partial charge on any atom is -0.381 e. The lowest BCUT2D eigenvalue weighted by Crippen LogP contribution is -2.37. The van der Waals surface area contributed by atoms with Crippen LogP contribution in [0.1, 0.15) is 25.5 Å². The van der Waals surface area contributed by atoms with Crippen LogP contribution in [0.25, 0.3) is 0 Å².